The Balaban J connectivity index is 1.74. The van der Waals surface area contributed by atoms with E-state index in [-0.39, 0.29) is 4.90 Å². The Labute approximate surface area is 137 Å². The first kappa shape index (κ1) is 14.6. The van der Waals surface area contributed by atoms with Crippen molar-refractivity contribution in [2.45, 2.75) is 30.6 Å². The summed E-state index contributed by atoms with van der Waals surface area (Å²) in [6.45, 7) is 0. The van der Waals surface area contributed by atoms with E-state index in [0.29, 0.717) is 21.7 Å². The summed E-state index contributed by atoms with van der Waals surface area (Å²) >= 11 is 5.93. The molecular weight excluding hydrogens is 338 g/mol. The lowest BCUT2D eigenvalue weighted by Crippen LogP contribution is -2.14. The summed E-state index contributed by atoms with van der Waals surface area (Å²) in [5.74, 6) is 1.07. The summed E-state index contributed by atoms with van der Waals surface area (Å²) in [6, 6.07) is 5.03. The van der Waals surface area contributed by atoms with E-state index in [1.165, 1.54) is 6.20 Å². The number of fused-ring (bicyclic) bond motifs is 2. The van der Waals surface area contributed by atoms with E-state index in [2.05, 4.69) is 14.9 Å². The van der Waals surface area contributed by atoms with Crippen molar-refractivity contribution in [3.8, 4) is 0 Å². The molecule has 0 spiro atoms. The summed E-state index contributed by atoms with van der Waals surface area (Å²) in [6.07, 6.45) is 5.08. The largest absolute Gasteiger partial charge is 0.360 e. The number of sulfonamides is 1. The predicted molar refractivity (Wildman–Crippen MR) is 87.3 cm³/mol. The van der Waals surface area contributed by atoms with Crippen LogP contribution in [0.5, 0.6) is 0 Å². The number of aromatic nitrogens is 2. The zero-order valence-electron chi connectivity index (χ0n) is 12.1. The van der Waals surface area contributed by atoms with E-state index in [4.69, 9.17) is 16.1 Å². The van der Waals surface area contributed by atoms with E-state index in [1.54, 1.807) is 18.2 Å². The van der Waals surface area contributed by atoms with Gasteiger partial charge in [0.2, 0.25) is 0 Å². The van der Waals surface area contributed by atoms with Gasteiger partial charge in [-0.1, -0.05) is 16.8 Å². The molecule has 0 saturated heterocycles. The Hall–Kier alpha value is -1.99. The molecule has 2 heterocycles. The summed E-state index contributed by atoms with van der Waals surface area (Å²) < 4.78 is 33.2. The normalized spacial score (nSPS) is 14.8. The monoisotopic (exact) mass is 351 g/mol. The Kier molecular flexibility index (Phi) is 3.35. The minimum atomic E-state index is -3.76. The second-order valence-electron chi connectivity index (χ2n) is 5.59. The standard InChI is InChI=1S/C15H14ClN3O3S/c16-9-5-6-10-12(7-9)17-8-14(10)23(20,21)19-15-11-3-1-2-4-13(11)22-18-15/h5-8,17H,1-4H2,(H,18,19). The molecule has 3 aromatic rings. The van der Waals surface area contributed by atoms with Crippen LogP contribution in [0.15, 0.2) is 33.8 Å². The number of aromatic amines is 1. The number of nitrogens with zero attached hydrogens (tertiary/aromatic N) is 1. The number of anilines is 1. The topological polar surface area (TPSA) is 88.0 Å². The number of nitrogens with one attached hydrogen (secondary N) is 2. The number of aryl methyl sites for hydroxylation is 1. The summed E-state index contributed by atoms with van der Waals surface area (Å²) in [5, 5.41) is 5.02. The van der Waals surface area contributed by atoms with Gasteiger partial charge in [0.15, 0.2) is 5.82 Å². The predicted octanol–water partition coefficient (Wildman–Crippen LogP) is 3.49. The fourth-order valence-corrected chi connectivity index (χ4v) is 4.32. The highest BCUT2D eigenvalue weighted by atomic mass is 35.5. The highest BCUT2D eigenvalue weighted by Gasteiger charge is 2.25. The van der Waals surface area contributed by atoms with Gasteiger partial charge in [-0.3, -0.25) is 4.72 Å². The first-order valence-corrected chi connectivity index (χ1v) is 9.17. The number of benzene rings is 1. The maximum absolute atomic E-state index is 12.7. The number of hydrogen-bond donors (Lipinski definition) is 2. The molecule has 0 fully saturated rings. The van der Waals surface area contributed by atoms with E-state index < -0.39 is 10.0 Å². The van der Waals surface area contributed by atoms with E-state index in [0.717, 1.165) is 37.0 Å². The molecule has 1 aliphatic rings. The minimum Gasteiger partial charge on any atom is -0.360 e. The van der Waals surface area contributed by atoms with Crippen LogP contribution in [0.4, 0.5) is 5.82 Å². The van der Waals surface area contributed by atoms with Crippen LogP contribution in [0.1, 0.15) is 24.2 Å². The van der Waals surface area contributed by atoms with Crippen molar-refractivity contribution in [2.75, 3.05) is 4.72 Å². The molecule has 0 unspecified atom stereocenters. The van der Waals surface area contributed by atoms with Crippen molar-refractivity contribution >= 4 is 38.3 Å². The molecule has 0 atom stereocenters. The van der Waals surface area contributed by atoms with Gasteiger partial charge in [0.1, 0.15) is 10.7 Å². The van der Waals surface area contributed by atoms with Crippen LogP contribution in [0.2, 0.25) is 5.02 Å². The zero-order chi connectivity index (χ0) is 16.0. The quantitative estimate of drug-likeness (QED) is 0.756. The van der Waals surface area contributed by atoms with Gasteiger partial charge in [-0.15, -0.1) is 0 Å². The SMILES string of the molecule is O=S(=O)(Nc1noc2c1CCCC2)c1c[nH]c2cc(Cl)ccc12. The summed E-state index contributed by atoms with van der Waals surface area (Å²) in [5.41, 5.74) is 1.53. The molecule has 0 amide bonds. The Bertz CT molecular complexity index is 991. The van der Waals surface area contributed by atoms with Gasteiger partial charge in [0.25, 0.3) is 10.0 Å². The fourth-order valence-electron chi connectivity index (χ4n) is 2.94. The van der Waals surface area contributed by atoms with Crippen molar-refractivity contribution in [3.63, 3.8) is 0 Å². The van der Waals surface area contributed by atoms with E-state index in [1.807, 2.05) is 0 Å². The molecular formula is C15H14ClN3O3S. The minimum absolute atomic E-state index is 0.164. The number of halogens is 1. The van der Waals surface area contributed by atoms with E-state index in [9.17, 15) is 8.42 Å². The third-order valence-electron chi connectivity index (χ3n) is 4.08. The lowest BCUT2D eigenvalue weighted by atomic mass is 9.98. The molecule has 8 heteroatoms. The molecule has 0 bridgehead atoms. The highest BCUT2D eigenvalue weighted by molar-refractivity contribution is 7.93. The molecule has 0 radical (unpaired) electrons. The Morgan fingerprint density at radius 3 is 2.96 bits per heavy atom. The molecule has 2 N–H and O–H groups in total. The second kappa shape index (κ2) is 5.28. The van der Waals surface area contributed by atoms with Gasteiger partial charge >= 0.3 is 0 Å². The van der Waals surface area contributed by atoms with Gasteiger partial charge in [0, 0.05) is 34.1 Å². The van der Waals surface area contributed by atoms with Crippen molar-refractivity contribution in [2.24, 2.45) is 0 Å². The van der Waals surface area contributed by atoms with Gasteiger partial charge in [0.05, 0.1) is 0 Å². The van der Waals surface area contributed by atoms with Gasteiger partial charge < -0.3 is 9.51 Å². The average Bonchev–Trinajstić information content (AvgIpc) is 3.11. The van der Waals surface area contributed by atoms with Crippen molar-refractivity contribution < 1.29 is 12.9 Å². The fraction of sp³-hybridized carbons (Fsp3) is 0.267. The number of H-pyrrole nitrogens is 1. The maximum Gasteiger partial charge on any atom is 0.265 e. The van der Waals surface area contributed by atoms with Crippen LogP contribution in [0.3, 0.4) is 0 Å². The first-order chi connectivity index (χ1) is 11.0. The highest BCUT2D eigenvalue weighted by Crippen LogP contribution is 2.31. The molecule has 0 aliphatic heterocycles. The molecule has 2 aromatic heterocycles. The smallest absolute Gasteiger partial charge is 0.265 e. The van der Waals surface area contributed by atoms with E-state index >= 15 is 0 Å². The van der Waals surface area contributed by atoms with Crippen molar-refractivity contribution in [1.29, 1.82) is 0 Å². The molecule has 23 heavy (non-hydrogen) atoms. The molecule has 1 aromatic carbocycles. The number of hydrogen-bond acceptors (Lipinski definition) is 4. The van der Waals surface area contributed by atoms with Crippen molar-refractivity contribution in [1.82, 2.24) is 10.1 Å². The second-order valence-corrected chi connectivity index (χ2v) is 7.68. The van der Waals surface area contributed by atoms with Crippen LogP contribution in [-0.2, 0) is 22.9 Å². The maximum atomic E-state index is 12.7. The van der Waals surface area contributed by atoms with Gasteiger partial charge in [-0.05, 0) is 37.5 Å². The van der Waals surface area contributed by atoms with Gasteiger partial charge in [-0.25, -0.2) is 8.42 Å². The van der Waals surface area contributed by atoms with Crippen LogP contribution in [0.25, 0.3) is 10.9 Å². The Morgan fingerprint density at radius 2 is 2.09 bits per heavy atom. The molecule has 1 aliphatic carbocycles. The van der Waals surface area contributed by atoms with Crippen LogP contribution in [0, 0.1) is 0 Å². The molecule has 0 saturated carbocycles. The number of rotatable bonds is 3. The summed E-state index contributed by atoms with van der Waals surface area (Å²) in [4.78, 5) is 3.09. The summed E-state index contributed by atoms with van der Waals surface area (Å²) in [7, 11) is -3.76. The third kappa shape index (κ3) is 2.49. The molecule has 120 valence electrons. The van der Waals surface area contributed by atoms with Crippen LogP contribution in [-0.4, -0.2) is 18.6 Å². The Morgan fingerprint density at radius 1 is 1.26 bits per heavy atom. The van der Waals surface area contributed by atoms with Crippen LogP contribution < -0.4 is 4.72 Å². The van der Waals surface area contributed by atoms with Crippen molar-refractivity contribution in [3.05, 3.63) is 40.7 Å². The lowest BCUT2D eigenvalue weighted by molar-refractivity contribution is 0.374. The van der Waals surface area contributed by atoms with Crippen LogP contribution >= 0.6 is 11.6 Å². The zero-order valence-corrected chi connectivity index (χ0v) is 13.7. The average molecular weight is 352 g/mol. The molecule has 6 nitrogen and oxygen atoms in total. The lowest BCUT2D eigenvalue weighted by Gasteiger charge is -2.10. The molecule has 4 rings (SSSR count). The third-order valence-corrected chi connectivity index (χ3v) is 5.69. The van der Waals surface area contributed by atoms with Gasteiger partial charge in [-0.2, -0.15) is 0 Å². The first-order valence-electron chi connectivity index (χ1n) is 7.31.